The number of fused-ring (bicyclic) bond motifs is 1. The molecule has 0 aliphatic carbocycles. The number of benzene rings is 3. The Hall–Kier alpha value is -3.06. The molecule has 0 aliphatic rings. The van der Waals surface area contributed by atoms with E-state index >= 15 is 0 Å². The van der Waals surface area contributed by atoms with Gasteiger partial charge in [-0.1, -0.05) is 73.2 Å². The maximum atomic E-state index is 2.36. The highest BCUT2D eigenvalue weighted by molar-refractivity contribution is 5.95. The molecule has 1 heteroatoms. The maximum Gasteiger partial charge on any atom is 0.0538 e. The number of aryl methyl sites for hydroxylation is 1. The van der Waals surface area contributed by atoms with Gasteiger partial charge in [0.15, 0.2) is 0 Å². The Morgan fingerprint density at radius 1 is 0.815 bits per heavy atom. The molecule has 0 spiro atoms. The lowest BCUT2D eigenvalue weighted by molar-refractivity contribution is 1.05. The first-order chi connectivity index (χ1) is 13.2. The van der Waals surface area contributed by atoms with Crippen LogP contribution in [0.5, 0.6) is 0 Å². The maximum absolute atomic E-state index is 2.36. The van der Waals surface area contributed by atoms with Gasteiger partial charge in [0, 0.05) is 22.3 Å². The zero-order valence-corrected chi connectivity index (χ0v) is 16.2. The minimum atomic E-state index is 1.04. The molecule has 1 heterocycles. The van der Waals surface area contributed by atoms with E-state index in [4.69, 9.17) is 0 Å². The fourth-order valence-electron chi connectivity index (χ4n) is 3.72. The molecule has 0 atom stereocenters. The van der Waals surface area contributed by atoms with E-state index in [-0.39, 0.29) is 0 Å². The Bertz CT molecular complexity index is 1100. The van der Waals surface area contributed by atoms with Crippen LogP contribution in [-0.2, 0) is 0 Å². The molecule has 0 radical (unpaired) electrons. The molecule has 1 nitrogen and oxygen atoms in total. The van der Waals surface area contributed by atoms with Crippen LogP contribution in [0.4, 0.5) is 0 Å². The van der Waals surface area contributed by atoms with Gasteiger partial charge in [0.25, 0.3) is 0 Å². The second-order valence-electron chi connectivity index (χ2n) is 7.08. The zero-order chi connectivity index (χ0) is 18.8. The van der Waals surface area contributed by atoms with Crippen LogP contribution in [0, 0.1) is 13.8 Å². The van der Waals surface area contributed by atoms with Gasteiger partial charge in [0.2, 0.25) is 0 Å². The van der Waals surface area contributed by atoms with Crippen LogP contribution in [0.2, 0.25) is 0 Å². The summed E-state index contributed by atoms with van der Waals surface area (Å²) in [6.45, 7) is 6.53. The van der Waals surface area contributed by atoms with Crippen molar-refractivity contribution in [2.75, 3.05) is 0 Å². The number of allylic oxidation sites excluding steroid dienone is 1. The summed E-state index contributed by atoms with van der Waals surface area (Å²) in [5.41, 5.74) is 8.87. The highest BCUT2D eigenvalue weighted by atomic mass is 15.0. The van der Waals surface area contributed by atoms with Crippen molar-refractivity contribution < 1.29 is 0 Å². The van der Waals surface area contributed by atoms with Gasteiger partial charge in [-0.15, -0.1) is 0 Å². The van der Waals surface area contributed by atoms with Crippen molar-refractivity contribution in [2.45, 2.75) is 27.2 Å². The van der Waals surface area contributed by atoms with Crippen molar-refractivity contribution in [1.29, 1.82) is 0 Å². The predicted octanol–water partition coefficient (Wildman–Crippen LogP) is 7.34. The van der Waals surface area contributed by atoms with Gasteiger partial charge in [-0.25, -0.2) is 0 Å². The molecule has 27 heavy (non-hydrogen) atoms. The lowest BCUT2D eigenvalue weighted by Gasteiger charge is -2.09. The van der Waals surface area contributed by atoms with Crippen LogP contribution >= 0.6 is 0 Å². The predicted molar refractivity (Wildman–Crippen MR) is 118 cm³/mol. The summed E-state index contributed by atoms with van der Waals surface area (Å²) in [4.78, 5) is 0. The summed E-state index contributed by atoms with van der Waals surface area (Å²) in [5.74, 6) is 0. The van der Waals surface area contributed by atoms with E-state index in [9.17, 15) is 0 Å². The molecular formula is C26H25N. The smallest absolute Gasteiger partial charge is 0.0538 e. The summed E-state index contributed by atoms with van der Waals surface area (Å²) >= 11 is 0. The van der Waals surface area contributed by atoms with Crippen LogP contribution in [0.15, 0.2) is 78.9 Å². The molecule has 1 aromatic heterocycles. The lowest BCUT2D eigenvalue weighted by atomic mass is 10.0. The van der Waals surface area contributed by atoms with Crippen LogP contribution in [0.25, 0.3) is 33.8 Å². The van der Waals surface area contributed by atoms with E-state index in [1.807, 2.05) is 0 Å². The first-order valence-electron chi connectivity index (χ1n) is 9.63. The van der Waals surface area contributed by atoms with Crippen LogP contribution < -0.4 is 0 Å². The third kappa shape index (κ3) is 3.21. The molecular weight excluding hydrogens is 326 g/mol. The van der Waals surface area contributed by atoms with E-state index in [0.29, 0.717) is 0 Å². The van der Waals surface area contributed by atoms with E-state index in [1.54, 1.807) is 0 Å². The van der Waals surface area contributed by atoms with Crippen LogP contribution in [0.1, 0.15) is 30.2 Å². The number of para-hydroxylation sites is 1. The van der Waals surface area contributed by atoms with Gasteiger partial charge >= 0.3 is 0 Å². The summed E-state index contributed by atoms with van der Waals surface area (Å²) in [7, 11) is 0. The topological polar surface area (TPSA) is 4.93 Å². The lowest BCUT2D eigenvalue weighted by Crippen LogP contribution is -1.96. The fourth-order valence-corrected chi connectivity index (χ4v) is 3.72. The van der Waals surface area contributed by atoms with Crippen molar-refractivity contribution in [3.63, 3.8) is 0 Å². The van der Waals surface area contributed by atoms with Gasteiger partial charge < -0.3 is 4.57 Å². The van der Waals surface area contributed by atoms with Crippen molar-refractivity contribution >= 4 is 17.0 Å². The molecule has 0 bridgehead atoms. The molecule has 0 unspecified atom stereocenters. The highest BCUT2D eigenvalue weighted by Gasteiger charge is 2.14. The SMILES string of the molecule is CCC=Cc1c(C)n(-c2ccccc2)c2ccc(-c3ccc(C)cc3)cc12. The molecule has 0 fully saturated rings. The Morgan fingerprint density at radius 3 is 2.22 bits per heavy atom. The molecule has 4 aromatic rings. The summed E-state index contributed by atoms with van der Waals surface area (Å²) in [6.07, 6.45) is 5.56. The number of aromatic nitrogens is 1. The average molecular weight is 351 g/mol. The summed E-state index contributed by atoms with van der Waals surface area (Å²) in [6, 6.07) is 26.2. The minimum absolute atomic E-state index is 1.04. The van der Waals surface area contributed by atoms with Crippen molar-refractivity contribution in [3.05, 3.63) is 95.7 Å². The number of hydrogen-bond acceptors (Lipinski definition) is 0. The van der Waals surface area contributed by atoms with Gasteiger partial charge in [-0.2, -0.15) is 0 Å². The minimum Gasteiger partial charge on any atom is -0.313 e. The van der Waals surface area contributed by atoms with E-state index in [1.165, 1.54) is 44.5 Å². The Morgan fingerprint density at radius 2 is 1.52 bits per heavy atom. The number of nitrogens with zero attached hydrogens (tertiary/aromatic N) is 1. The first kappa shape index (κ1) is 17.4. The van der Waals surface area contributed by atoms with Crippen LogP contribution in [-0.4, -0.2) is 4.57 Å². The van der Waals surface area contributed by atoms with E-state index < -0.39 is 0 Å². The second-order valence-corrected chi connectivity index (χ2v) is 7.08. The molecule has 0 saturated carbocycles. The van der Waals surface area contributed by atoms with Gasteiger partial charge in [0.05, 0.1) is 5.52 Å². The molecule has 0 saturated heterocycles. The Balaban J connectivity index is 1.97. The number of hydrogen-bond donors (Lipinski definition) is 0. The largest absolute Gasteiger partial charge is 0.313 e. The standard InChI is InChI=1S/C26H25N/c1-4-5-11-24-20(3)27(23-9-7-6-8-10-23)26-17-16-22(18-25(24)26)21-14-12-19(2)13-15-21/h5-18H,4H2,1-3H3. The highest BCUT2D eigenvalue weighted by Crippen LogP contribution is 2.33. The quantitative estimate of drug-likeness (QED) is 0.362. The number of rotatable bonds is 4. The van der Waals surface area contributed by atoms with Gasteiger partial charge in [-0.05, 0) is 55.7 Å². The third-order valence-corrected chi connectivity index (χ3v) is 5.17. The van der Waals surface area contributed by atoms with Crippen molar-refractivity contribution in [1.82, 2.24) is 4.57 Å². The summed E-state index contributed by atoms with van der Waals surface area (Å²) < 4.78 is 2.36. The van der Waals surface area contributed by atoms with Gasteiger partial charge in [0.1, 0.15) is 0 Å². The molecule has 0 N–H and O–H groups in total. The monoisotopic (exact) mass is 351 g/mol. The van der Waals surface area contributed by atoms with Crippen molar-refractivity contribution in [3.8, 4) is 16.8 Å². The molecule has 0 amide bonds. The summed E-state index contributed by atoms with van der Waals surface area (Å²) in [5, 5.41) is 1.30. The van der Waals surface area contributed by atoms with Gasteiger partial charge in [-0.3, -0.25) is 0 Å². The molecule has 4 rings (SSSR count). The fraction of sp³-hybridized carbons (Fsp3) is 0.154. The first-order valence-corrected chi connectivity index (χ1v) is 9.63. The van der Waals surface area contributed by atoms with Crippen molar-refractivity contribution in [2.24, 2.45) is 0 Å². The molecule has 3 aromatic carbocycles. The zero-order valence-electron chi connectivity index (χ0n) is 16.2. The normalized spacial score (nSPS) is 11.5. The van der Waals surface area contributed by atoms with Crippen LogP contribution in [0.3, 0.4) is 0 Å². The molecule has 134 valence electrons. The Kier molecular flexibility index (Phi) is 4.68. The van der Waals surface area contributed by atoms with E-state index in [2.05, 4.69) is 110 Å². The third-order valence-electron chi connectivity index (χ3n) is 5.17. The second kappa shape index (κ2) is 7.28. The average Bonchev–Trinajstić information content (AvgIpc) is 2.98. The Labute approximate surface area is 161 Å². The molecule has 0 aliphatic heterocycles. The van der Waals surface area contributed by atoms with E-state index in [0.717, 1.165) is 6.42 Å².